The molecule has 0 aliphatic heterocycles. The summed E-state index contributed by atoms with van der Waals surface area (Å²) in [7, 11) is 0. The van der Waals surface area contributed by atoms with Crippen LogP contribution in [0.1, 0.15) is 24.1 Å². The number of nitrogens with two attached hydrogens (primary N) is 1. The van der Waals surface area contributed by atoms with Crippen LogP contribution in [-0.2, 0) is 6.61 Å². The average molecular weight is 403 g/mol. The SMILES string of the molecule is C[C@@H](N)c1ccc(Br)cc1OCc1cc(Br)ccc1F. The molecule has 20 heavy (non-hydrogen) atoms. The molecule has 5 heteroatoms. The molecule has 0 saturated carbocycles. The predicted octanol–water partition coefficient (Wildman–Crippen LogP) is 4.95. The maximum atomic E-state index is 13.7. The Bertz CT molecular complexity index is 617. The van der Waals surface area contributed by atoms with E-state index in [9.17, 15) is 4.39 Å². The van der Waals surface area contributed by atoms with E-state index in [1.165, 1.54) is 6.07 Å². The maximum Gasteiger partial charge on any atom is 0.129 e. The van der Waals surface area contributed by atoms with Crippen molar-refractivity contribution in [2.45, 2.75) is 19.6 Å². The molecule has 2 aromatic carbocycles. The first-order valence-corrected chi connectivity index (χ1v) is 7.67. The van der Waals surface area contributed by atoms with Crippen molar-refractivity contribution in [1.82, 2.24) is 0 Å². The fraction of sp³-hybridized carbons (Fsp3) is 0.200. The topological polar surface area (TPSA) is 35.2 Å². The number of halogens is 3. The number of rotatable bonds is 4. The highest BCUT2D eigenvalue weighted by molar-refractivity contribution is 9.10. The molecule has 0 fully saturated rings. The third-order valence-electron chi connectivity index (χ3n) is 2.86. The Morgan fingerprint density at radius 2 is 1.80 bits per heavy atom. The molecule has 2 N–H and O–H groups in total. The lowest BCUT2D eigenvalue weighted by atomic mass is 10.1. The largest absolute Gasteiger partial charge is 0.488 e. The molecule has 0 heterocycles. The van der Waals surface area contributed by atoms with Crippen molar-refractivity contribution < 1.29 is 9.13 Å². The Hall–Kier alpha value is -0.910. The van der Waals surface area contributed by atoms with Crippen LogP contribution >= 0.6 is 31.9 Å². The molecule has 0 unspecified atom stereocenters. The summed E-state index contributed by atoms with van der Waals surface area (Å²) in [5.74, 6) is 0.374. The zero-order valence-electron chi connectivity index (χ0n) is 10.9. The van der Waals surface area contributed by atoms with Gasteiger partial charge in [0.25, 0.3) is 0 Å². The molecule has 2 aromatic rings. The first kappa shape index (κ1) is 15.5. The van der Waals surface area contributed by atoms with Crippen molar-refractivity contribution in [3.05, 3.63) is 62.3 Å². The summed E-state index contributed by atoms with van der Waals surface area (Å²) in [5.41, 5.74) is 7.30. The van der Waals surface area contributed by atoms with Crippen LogP contribution in [0, 0.1) is 5.82 Å². The van der Waals surface area contributed by atoms with Gasteiger partial charge in [-0.2, -0.15) is 0 Å². The van der Waals surface area contributed by atoms with Crippen molar-refractivity contribution in [1.29, 1.82) is 0 Å². The van der Waals surface area contributed by atoms with E-state index in [0.717, 1.165) is 14.5 Å². The monoisotopic (exact) mass is 401 g/mol. The minimum atomic E-state index is -0.287. The van der Waals surface area contributed by atoms with Crippen LogP contribution in [0.5, 0.6) is 5.75 Å². The third-order valence-corrected chi connectivity index (χ3v) is 3.84. The number of ether oxygens (including phenoxy) is 1. The van der Waals surface area contributed by atoms with Gasteiger partial charge in [0.2, 0.25) is 0 Å². The summed E-state index contributed by atoms with van der Waals surface area (Å²) in [4.78, 5) is 0. The number of hydrogen-bond donors (Lipinski definition) is 1. The lowest BCUT2D eigenvalue weighted by Gasteiger charge is -2.15. The van der Waals surface area contributed by atoms with Gasteiger partial charge < -0.3 is 10.5 Å². The second-order valence-electron chi connectivity index (χ2n) is 4.50. The quantitative estimate of drug-likeness (QED) is 0.785. The Morgan fingerprint density at radius 1 is 1.15 bits per heavy atom. The minimum absolute atomic E-state index is 0.148. The van der Waals surface area contributed by atoms with Crippen molar-refractivity contribution in [3.63, 3.8) is 0 Å². The molecular formula is C15H14Br2FNO. The predicted molar refractivity (Wildman–Crippen MR) is 85.2 cm³/mol. The van der Waals surface area contributed by atoms with Gasteiger partial charge in [-0.3, -0.25) is 0 Å². The third kappa shape index (κ3) is 3.81. The Kier molecular flexibility index (Phi) is 5.18. The fourth-order valence-corrected chi connectivity index (χ4v) is 2.57. The van der Waals surface area contributed by atoms with Gasteiger partial charge in [0.05, 0.1) is 0 Å². The van der Waals surface area contributed by atoms with Gasteiger partial charge in [-0.1, -0.05) is 37.9 Å². The van der Waals surface area contributed by atoms with E-state index < -0.39 is 0 Å². The van der Waals surface area contributed by atoms with Crippen LogP contribution in [0.3, 0.4) is 0 Å². The van der Waals surface area contributed by atoms with E-state index in [1.54, 1.807) is 12.1 Å². The van der Waals surface area contributed by atoms with Gasteiger partial charge >= 0.3 is 0 Å². The molecule has 0 aliphatic rings. The first-order valence-electron chi connectivity index (χ1n) is 6.09. The van der Waals surface area contributed by atoms with Crippen molar-refractivity contribution >= 4 is 31.9 Å². The lowest BCUT2D eigenvalue weighted by molar-refractivity contribution is 0.295. The Labute approximate surface area is 134 Å². The van der Waals surface area contributed by atoms with Crippen LogP contribution in [0.15, 0.2) is 45.3 Å². The highest BCUT2D eigenvalue weighted by Gasteiger charge is 2.10. The van der Waals surface area contributed by atoms with Crippen LogP contribution in [-0.4, -0.2) is 0 Å². The molecule has 0 spiro atoms. The summed E-state index contributed by atoms with van der Waals surface area (Å²) in [6.07, 6.45) is 0. The Morgan fingerprint density at radius 3 is 2.50 bits per heavy atom. The van der Waals surface area contributed by atoms with Crippen LogP contribution in [0.2, 0.25) is 0 Å². The van der Waals surface area contributed by atoms with Gasteiger partial charge in [-0.25, -0.2) is 4.39 Å². The van der Waals surface area contributed by atoms with Crippen LogP contribution in [0.4, 0.5) is 4.39 Å². The summed E-state index contributed by atoms with van der Waals surface area (Å²) >= 11 is 6.72. The van der Waals surface area contributed by atoms with Crippen molar-refractivity contribution in [2.24, 2.45) is 5.73 Å². The van der Waals surface area contributed by atoms with Crippen molar-refractivity contribution in [2.75, 3.05) is 0 Å². The molecule has 0 aliphatic carbocycles. The summed E-state index contributed by atoms with van der Waals surface area (Å²) < 4.78 is 21.1. The summed E-state index contributed by atoms with van der Waals surface area (Å²) in [6, 6.07) is 10.3. The molecule has 106 valence electrons. The standard InChI is InChI=1S/C15H14Br2FNO/c1-9(19)13-4-2-12(17)7-15(13)20-8-10-6-11(16)3-5-14(10)18/h2-7,9H,8,19H2,1H3/t9-/m1/s1. The maximum absolute atomic E-state index is 13.7. The molecule has 0 amide bonds. The summed E-state index contributed by atoms with van der Waals surface area (Å²) in [6.45, 7) is 2.04. The van der Waals surface area contributed by atoms with E-state index >= 15 is 0 Å². The van der Waals surface area contributed by atoms with Gasteiger partial charge in [-0.15, -0.1) is 0 Å². The Balaban J connectivity index is 2.22. The minimum Gasteiger partial charge on any atom is -0.488 e. The van der Waals surface area contributed by atoms with Crippen LogP contribution in [0.25, 0.3) is 0 Å². The number of benzene rings is 2. The lowest BCUT2D eigenvalue weighted by Crippen LogP contribution is -2.08. The highest BCUT2D eigenvalue weighted by Crippen LogP contribution is 2.28. The second kappa shape index (κ2) is 6.70. The average Bonchev–Trinajstić information content (AvgIpc) is 2.39. The van der Waals surface area contributed by atoms with E-state index in [2.05, 4.69) is 31.9 Å². The summed E-state index contributed by atoms with van der Waals surface area (Å²) in [5, 5.41) is 0. The smallest absolute Gasteiger partial charge is 0.129 e. The molecule has 0 aromatic heterocycles. The molecule has 1 atom stereocenters. The normalized spacial score (nSPS) is 12.2. The zero-order valence-corrected chi connectivity index (χ0v) is 14.0. The molecule has 0 bridgehead atoms. The first-order chi connectivity index (χ1) is 9.47. The van der Waals surface area contributed by atoms with Crippen LogP contribution < -0.4 is 10.5 Å². The van der Waals surface area contributed by atoms with Gasteiger partial charge in [0.15, 0.2) is 0 Å². The molecule has 0 radical (unpaired) electrons. The van der Waals surface area contributed by atoms with Gasteiger partial charge in [0.1, 0.15) is 18.2 Å². The molecule has 2 rings (SSSR count). The van der Waals surface area contributed by atoms with Gasteiger partial charge in [0, 0.05) is 26.1 Å². The van der Waals surface area contributed by atoms with E-state index in [-0.39, 0.29) is 18.5 Å². The molecular weight excluding hydrogens is 389 g/mol. The zero-order chi connectivity index (χ0) is 14.7. The fourth-order valence-electron chi connectivity index (χ4n) is 1.82. The van der Waals surface area contributed by atoms with E-state index in [1.807, 2.05) is 25.1 Å². The highest BCUT2D eigenvalue weighted by atomic mass is 79.9. The van der Waals surface area contributed by atoms with E-state index in [4.69, 9.17) is 10.5 Å². The van der Waals surface area contributed by atoms with E-state index in [0.29, 0.717) is 11.3 Å². The second-order valence-corrected chi connectivity index (χ2v) is 6.33. The number of hydrogen-bond acceptors (Lipinski definition) is 2. The van der Waals surface area contributed by atoms with Gasteiger partial charge in [-0.05, 0) is 37.3 Å². The van der Waals surface area contributed by atoms with Crippen molar-refractivity contribution in [3.8, 4) is 5.75 Å². The molecule has 2 nitrogen and oxygen atoms in total. The molecule has 0 saturated heterocycles.